The number of amides is 1. The molecule has 7 heteroatoms. The van der Waals surface area contributed by atoms with E-state index < -0.39 is 0 Å². The Hall–Kier alpha value is -3.48. The van der Waals surface area contributed by atoms with Gasteiger partial charge in [0.2, 0.25) is 5.91 Å². The Morgan fingerprint density at radius 2 is 1.67 bits per heavy atom. The molecule has 1 N–H and O–H groups in total. The number of halogens is 1. The molecule has 4 rings (SSSR count). The van der Waals surface area contributed by atoms with E-state index in [0.29, 0.717) is 37.4 Å². The van der Waals surface area contributed by atoms with Gasteiger partial charge in [-0.15, -0.1) is 5.10 Å². The molecule has 2 aromatic carbocycles. The molecule has 3 aromatic rings. The summed E-state index contributed by atoms with van der Waals surface area (Å²) < 4.78 is 14.5. The van der Waals surface area contributed by atoms with Crippen LogP contribution in [0, 0.1) is 18.7 Å². The second-order valence-electron chi connectivity index (χ2n) is 7.53. The molecular weight excluding hydrogens is 383 g/mol. The smallest absolute Gasteiger partial charge is 0.271 e. The number of hydrogen-bond acceptors (Lipinski definition) is 4. The summed E-state index contributed by atoms with van der Waals surface area (Å²) in [4.78, 5) is 26.9. The zero-order chi connectivity index (χ0) is 21.1. The maximum absolute atomic E-state index is 13.2. The normalized spacial score (nSPS) is 14.5. The molecule has 2 heterocycles. The predicted molar refractivity (Wildman–Crippen MR) is 115 cm³/mol. The van der Waals surface area contributed by atoms with Crippen molar-refractivity contribution in [2.45, 2.75) is 19.8 Å². The summed E-state index contributed by atoms with van der Waals surface area (Å²) >= 11 is 0. The van der Waals surface area contributed by atoms with Gasteiger partial charge in [-0.25, -0.2) is 4.39 Å². The van der Waals surface area contributed by atoms with Crippen LogP contribution in [0.15, 0.2) is 65.5 Å². The largest absolute Gasteiger partial charge is 0.355 e. The first-order valence-electron chi connectivity index (χ1n) is 9.98. The Bertz CT molecular complexity index is 1090. The molecule has 1 amide bonds. The molecule has 0 spiro atoms. The fourth-order valence-electron chi connectivity index (χ4n) is 3.59. The molecule has 1 aliphatic rings. The molecule has 0 aliphatic carbocycles. The highest BCUT2D eigenvalue weighted by molar-refractivity contribution is 5.92. The molecule has 1 saturated heterocycles. The molecule has 1 aliphatic heterocycles. The summed E-state index contributed by atoms with van der Waals surface area (Å²) in [7, 11) is 0. The van der Waals surface area contributed by atoms with Gasteiger partial charge in [-0.2, -0.15) is 4.68 Å². The topological polar surface area (TPSA) is 67.2 Å². The highest BCUT2D eigenvalue weighted by Gasteiger charge is 2.26. The van der Waals surface area contributed by atoms with E-state index in [4.69, 9.17) is 0 Å². The number of rotatable bonds is 4. The van der Waals surface area contributed by atoms with Crippen LogP contribution in [0.2, 0.25) is 0 Å². The summed E-state index contributed by atoms with van der Waals surface area (Å²) in [6.07, 6.45) is 1.41. The highest BCUT2D eigenvalue weighted by atomic mass is 19.1. The molecule has 154 valence electrons. The Morgan fingerprint density at radius 1 is 1.00 bits per heavy atom. The van der Waals surface area contributed by atoms with Gasteiger partial charge in [0.05, 0.1) is 5.69 Å². The summed E-state index contributed by atoms with van der Waals surface area (Å²) in [5.41, 5.74) is 2.19. The molecule has 6 nitrogen and oxygen atoms in total. The van der Waals surface area contributed by atoms with Gasteiger partial charge < -0.3 is 10.2 Å². The summed E-state index contributed by atoms with van der Waals surface area (Å²) in [6, 6.07) is 16.6. The summed E-state index contributed by atoms with van der Waals surface area (Å²) in [5, 5.41) is 7.44. The summed E-state index contributed by atoms with van der Waals surface area (Å²) in [6.45, 7) is 3.34. The first kappa shape index (κ1) is 19.8. The molecule has 30 heavy (non-hydrogen) atoms. The molecule has 0 atom stereocenters. The minimum absolute atomic E-state index is 0.0303. The van der Waals surface area contributed by atoms with Crippen molar-refractivity contribution in [2.75, 3.05) is 23.3 Å². The average molecular weight is 406 g/mol. The molecule has 1 aromatic heterocycles. The van der Waals surface area contributed by atoms with Crippen molar-refractivity contribution in [2.24, 2.45) is 5.92 Å². The number of carbonyl (C=O) groups is 1. The zero-order valence-corrected chi connectivity index (χ0v) is 16.7. The third-order valence-corrected chi connectivity index (χ3v) is 5.37. The lowest BCUT2D eigenvalue weighted by atomic mass is 9.96. The van der Waals surface area contributed by atoms with E-state index in [9.17, 15) is 14.0 Å². The van der Waals surface area contributed by atoms with Gasteiger partial charge >= 0.3 is 0 Å². The van der Waals surface area contributed by atoms with Crippen LogP contribution in [0.1, 0.15) is 18.4 Å². The Labute approximate surface area is 174 Å². The van der Waals surface area contributed by atoms with E-state index in [-0.39, 0.29) is 23.2 Å². The molecule has 1 fully saturated rings. The van der Waals surface area contributed by atoms with Crippen LogP contribution in [0.5, 0.6) is 0 Å². The van der Waals surface area contributed by atoms with E-state index in [1.165, 1.54) is 35.0 Å². The van der Waals surface area contributed by atoms with Crippen molar-refractivity contribution < 1.29 is 9.18 Å². The van der Waals surface area contributed by atoms with Gasteiger partial charge in [0, 0.05) is 30.8 Å². The Balaban J connectivity index is 1.42. The monoisotopic (exact) mass is 406 g/mol. The van der Waals surface area contributed by atoms with Crippen LogP contribution < -0.4 is 15.8 Å². The lowest BCUT2D eigenvalue weighted by Crippen LogP contribution is -2.39. The standard InChI is InChI=1S/C23H23FN4O2/c1-16-2-6-19(7-3-16)25-23(30)17-12-14-27(15-13-17)21-10-11-22(29)28(26-21)20-8-4-18(24)5-9-20/h2-11,17H,12-15H2,1H3,(H,25,30). The van der Waals surface area contributed by atoms with Crippen molar-refractivity contribution in [1.82, 2.24) is 9.78 Å². The third-order valence-electron chi connectivity index (χ3n) is 5.37. The Morgan fingerprint density at radius 3 is 2.33 bits per heavy atom. The number of aryl methyl sites for hydroxylation is 1. The number of piperidine rings is 1. The number of aromatic nitrogens is 2. The van der Waals surface area contributed by atoms with Crippen molar-refractivity contribution >= 4 is 17.4 Å². The maximum atomic E-state index is 13.2. The van der Waals surface area contributed by atoms with Gasteiger partial charge in [-0.05, 0) is 62.2 Å². The number of nitrogens with one attached hydrogen (secondary N) is 1. The summed E-state index contributed by atoms with van der Waals surface area (Å²) in [5.74, 6) is 0.263. The first-order valence-corrected chi connectivity index (χ1v) is 9.98. The van der Waals surface area contributed by atoms with Crippen LogP contribution in [0.4, 0.5) is 15.9 Å². The molecular formula is C23H23FN4O2. The predicted octanol–water partition coefficient (Wildman–Crippen LogP) is 3.54. The molecule has 0 saturated carbocycles. The average Bonchev–Trinajstić information content (AvgIpc) is 2.76. The van der Waals surface area contributed by atoms with Crippen LogP contribution in [-0.2, 0) is 4.79 Å². The van der Waals surface area contributed by atoms with E-state index in [2.05, 4.69) is 15.3 Å². The van der Waals surface area contributed by atoms with Crippen molar-refractivity contribution in [3.63, 3.8) is 0 Å². The number of anilines is 2. The SMILES string of the molecule is Cc1ccc(NC(=O)C2CCN(c3ccc(=O)n(-c4ccc(F)cc4)n3)CC2)cc1. The van der Waals surface area contributed by atoms with E-state index in [0.717, 1.165) is 11.3 Å². The van der Waals surface area contributed by atoms with Crippen molar-refractivity contribution in [1.29, 1.82) is 0 Å². The second kappa shape index (κ2) is 8.49. The van der Waals surface area contributed by atoms with Crippen LogP contribution in [0.3, 0.4) is 0 Å². The fourth-order valence-corrected chi connectivity index (χ4v) is 3.59. The third kappa shape index (κ3) is 4.40. The van der Waals surface area contributed by atoms with Crippen LogP contribution in [-0.4, -0.2) is 28.8 Å². The molecule has 0 unspecified atom stereocenters. The zero-order valence-electron chi connectivity index (χ0n) is 16.7. The lowest BCUT2D eigenvalue weighted by Gasteiger charge is -2.32. The van der Waals surface area contributed by atoms with Gasteiger partial charge in [-0.1, -0.05) is 17.7 Å². The van der Waals surface area contributed by atoms with E-state index in [1.807, 2.05) is 31.2 Å². The van der Waals surface area contributed by atoms with Gasteiger partial charge in [0.15, 0.2) is 0 Å². The molecule has 0 radical (unpaired) electrons. The molecule has 0 bridgehead atoms. The maximum Gasteiger partial charge on any atom is 0.271 e. The minimum Gasteiger partial charge on any atom is -0.355 e. The van der Waals surface area contributed by atoms with Crippen LogP contribution in [0.25, 0.3) is 5.69 Å². The fraction of sp³-hybridized carbons (Fsp3) is 0.261. The lowest BCUT2D eigenvalue weighted by molar-refractivity contribution is -0.120. The van der Waals surface area contributed by atoms with Crippen molar-refractivity contribution in [3.8, 4) is 5.69 Å². The first-order chi connectivity index (χ1) is 14.5. The minimum atomic E-state index is -0.367. The quantitative estimate of drug-likeness (QED) is 0.720. The van der Waals surface area contributed by atoms with Gasteiger partial charge in [0.1, 0.15) is 11.6 Å². The van der Waals surface area contributed by atoms with Gasteiger partial charge in [-0.3, -0.25) is 9.59 Å². The second-order valence-corrected chi connectivity index (χ2v) is 7.53. The number of nitrogens with zero attached hydrogens (tertiary/aromatic N) is 3. The van der Waals surface area contributed by atoms with Gasteiger partial charge in [0.25, 0.3) is 5.56 Å². The van der Waals surface area contributed by atoms with Crippen molar-refractivity contribution in [3.05, 3.63) is 82.4 Å². The van der Waals surface area contributed by atoms with E-state index in [1.54, 1.807) is 6.07 Å². The number of carbonyl (C=O) groups excluding carboxylic acids is 1. The van der Waals surface area contributed by atoms with Crippen LogP contribution >= 0.6 is 0 Å². The Kier molecular flexibility index (Phi) is 5.61. The van der Waals surface area contributed by atoms with E-state index >= 15 is 0 Å². The highest BCUT2D eigenvalue weighted by Crippen LogP contribution is 2.23. The number of benzene rings is 2. The number of hydrogen-bond donors (Lipinski definition) is 1.